The van der Waals surface area contributed by atoms with Crippen LogP contribution in [0.4, 0.5) is 5.82 Å². The lowest BCUT2D eigenvalue weighted by atomic mass is 9.97. The molecule has 1 atom stereocenters. The van der Waals surface area contributed by atoms with Crippen molar-refractivity contribution in [2.24, 2.45) is 5.92 Å². The summed E-state index contributed by atoms with van der Waals surface area (Å²) < 4.78 is 5.93. The molecule has 0 aliphatic carbocycles. The number of piperidine rings is 1. The molecule has 0 bridgehead atoms. The molecule has 1 aliphatic rings. The third-order valence-electron chi connectivity index (χ3n) is 5.25. The largest absolute Gasteiger partial charge is 0.475 e. The van der Waals surface area contributed by atoms with Gasteiger partial charge in [0.25, 0.3) is 5.88 Å². The van der Waals surface area contributed by atoms with Crippen molar-refractivity contribution in [1.29, 1.82) is 0 Å². The molecule has 0 saturated carbocycles. The van der Waals surface area contributed by atoms with Gasteiger partial charge in [-0.3, -0.25) is 9.78 Å². The van der Waals surface area contributed by atoms with Crippen molar-refractivity contribution in [2.45, 2.75) is 32.7 Å². The molecule has 1 aliphatic heterocycles. The number of fused-ring (bicyclic) bond motifs is 1. The summed E-state index contributed by atoms with van der Waals surface area (Å²) in [5.41, 5.74) is 2.64. The number of para-hydroxylation sites is 2. The lowest BCUT2D eigenvalue weighted by molar-refractivity contribution is -0.125. The van der Waals surface area contributed by atoms with Crippen molar-refractivity contribution in [2.75, 3.05) is 24.6 Å². The average Bonchev–Trinajstić information content (AvgIpc) is 2.81. The fraction of sp³-hybridized carbons (Fsp3) is 0.391. The molecule has 4 rings (SSSR count). The predicted octanol–water partition coefficient (Wildman–Crippen LogP) is 3.35. The fourth-order valence-corrected chi connectivity index (χ4v) is 3.70. The van der Waals surface area contributed by atoms with Crippen LogP contribution in [0, 0.1) is 5.92 Å². The monoisotopic (exact) mass is 405 g/mol. The lowest BCUT2D eigenvalue weighted by Gasteiger charge is -2.33. The van der Waals surface area contributed by atoms with Crippen LogP contribution in [0.3, 0.4) is 0 Å². The number of hydrogen-bond acceptors (Lipinski definition) is 6. The summed E-state index contributed by atoms with van der Waals surface area (Å²) in [6.45, 7) is 4.58. The van der Waals surface area contributed by atoms with Gasteiger partial charge < -0.3 is 15.0 Å². The Hall–Kier alpha value is -3.22. The number of rotatable bonds is 7. The Labute approximate surface area is 176 Å². The van der Waals surface area contributed by atoms with E-state index in [0.29, 0.717) is 25.6 Å². The summed E-state index contributed by atoms with van der Waals surface area (Å²) >= 11 is 0. The molecule has 1 fully saturated rings. The number of nitrogens with one attached hydrogen (secondary N) is 1. The second-order valence-corrected chi connectivity index (χ2v) is 7.55. The first-order valence-electron chi connectivity index (χ1n) is 10.6. The van der Waals surface area contributed by atoms with Crippen LogP contribution >= 0.6 is 0 Å². The van der Waals surface area contributed by atoms with Crippen LogP contribution in [0.15, 0.2) is 48.8 Å². The van der Waals surface area contributed by atoms with Crippen molar-refractivity contribution >= 4 is 22.8 Å². The van der Waals surface area contributed by atoms with E-state index in [-0.39, 0.29) is 11.8 Å². The molecule has 3 aromatic rings. The van der Waals surface area contributed by atoms with Crippen LogP contribution in [0.5, 0.6) is 5.88 Å². The van der Waals surface area contributed by atoms with Crippen molar-refractivity contribution in [3.8, 4) is 5.88 Å². The fourth-order valence-electron chi connectivity index (χ4n) is 3.70. The number of aromatic nitrogens is 3. The molecule has 156 valence electrons. The van der Waals surface area contributed by atoms with E-state index in [1.54, 1.807) is 12.4 Å². The third kappa shape index (κ3) is 4.67. The highest BCUT2D eigenvalue weighted by Gasteiger charge is 2.28. The third-order valence-corrected chi connectivity index (χ3v) is 5.25. The molecule has 2 aromatic heterocycles. The standard InChI is InChI=1S/C23H27N5O2/c1-2-13-30-23-21(26-19-9-3-4-10-20(19)27-23)28-12-6-8-18(16-28)22(29)25-15-17-7-5-11-24-14-17/h3-5,7,9-11,14,18H,2,6,8,12-13,15-16H2,1H3,(H,25,29)/t18-/m0/s1. The molecule has 7 nitrogen and oxygen atoms in total. The van der Waals surface area contributed by atoms with E-state index in [4.69, 9.17) is 14.7 Å². The summed E-state index contributed by atoms with van der Waals surface area (Å²) in [6, 6.07) is 11.6. The molecule has 30 heavy (non-hydrogen) atoms. The number of carbonyl (C=O) groups excluding carboxylic acids is 1. The van der Waals surface area contributed by atoms with E-state index < -0.39 is 0 Å². The minimum atomic E-state index is -0.0947. The van der Waals surface area contributed by atoms with Gasteiger partial charge in [-0.15, -0.1) is 0 Å². The average molecular weight is 406 g/mol. The van der Waals surface area contributed by atoms with Crippen molar-refractivity contribution < 1.29 is 9.53 Å². The molecular weight excluding hydrogens is 378 g/mol. The van der Waals surface area contributed by atoms with Gasteiger partial charge in [0, 0.05) is 32.0 Å². The molecule has 7 heteroatoms. The number of benzene rings is 1. The Bertz CT molecular complexity index is 995. The quantitative estimate of drug-likeness (QED) is 0.649. The zero-order valence-corrected chi connectivity index (χ0v) is 17.3. The van der Waals surface area contributed by atoms with Gasteiger partial charge in [0.05, 0.1) is 23.6 Å². The first-order chi connectivity index (χ1) is 14.7. The Balaban J connectivity index is 1.50. The van der Waals surface area contributed by atoms with Crippen LogP contribution < -0.4 is 15.0 Å². The van der Waals surface area contributed by atoms with E-state index in [1.807, 2.05) is 36.4 Å². The van der Waals surface area contributed by atoms with Gasteiger partial charge >= 0.3 is 0 Å². The maximum atomic E-state index is 12.8. The van der Waals surface area contributed by atoms with Crippen molar-refractivity contribution in [3.63, 3.8) is 0 Å². The minimum absolute atomic E-state index is 0.0633. The van der Waals surface area contributed by atoms with Crippen LogP contribution in [0.2, 0.25) is 0 Å². The van der Waals surface area contributed by atoms with Gasteiger partial charge in [0.1, 0.15) is 0 Å². The van der Waals surface area contributed by atoms with Gasteiger partial charge in [0.2, 0.25) is 5.91 Å². The predicted molar refractivity (Wildman–Crippen MR) is 116 cm³/mol. The maximum absolute atomic E-state index is 12.8. The van der Waals surface area contributed by atoms with E-state index in [0.717, 1.165) is 48.2 Å². The highest BCUT2D eigenvalue weighted by atomic mass is 16.5. The first-order valence-corrected chi connectivity index (χ1v) is 10.6. The van der Waals surface area contributed by atoms with E-state index in [2.05, 4.69) is 22.1 Å². The number of amides is 1. The van der Waals surface area contributed by atoms with Crippen LogP contribution in [-0.4, -0.2) is 40.6 Å². The van der Waals surface area contributed by atoms with Crippen LogP contribution in [0.1, 0.15) is 31.7 Å². The van der Waals surface area contributed by atoms with Gasteiger partial charge in [-0.2, -0.15) is 0 Å². The van der Waals surface area contributed by atoms with Gasteiger partial charge in [-0.25, -0.2) is 9.97 Å². The molecule has 1 saturated heterocycles. The number of carbonyl (C=O) groups is 1. The topological polar surface area (TPSA) is 80.2 Å². The summed E-state index contributed by atoms with van der Waals surface area (Å²) in [5.74, 6) is 1.25. The Kier molecular flexibility index (Phi) is 6.37. The number of anilines is 1. The van der Waals surface area contributed by atoms with Gasteiger partial charge in [-0.05, 0) is 43.0 Å². The van der Waals surface area contributed by atoms with Crippen molar-refractivity contribution in [3.05, 3.63) is 54.4 Å². The maximum Gasteiger partial charge on any atom is 0.258 e. The highest BCUT2D eigenvalue weighted by Crippen LogP contribution is 2.30. The number of ether oxygens (including phenoxy) is 1. The smallest absolute Gasteiger partial charge is 0.258 e. The molecule has 1 amide bonds. The summed E-state index contributed by atoms with van der Waals surface area (Å²) in [5, 5.41) is 3.05. The zero-order valence-electron chi connectivity index (χ0n) is 17.3. The molecule has 1 aromatic carbocycles. The van der Waals surface area contributed by atoms with Gasteiger partial charge in [0.15, 0.2) is 5.82 Å². The summed E-state index contributed by atoms with van der Waals surface area (Å²) in [6.07, 6.45) is 6.18. The molecule has 1 N–H and O–H groups in total. The highest BCUT2D eigenvalue weighted by molar-refractivity contribution is 5.80. The van der Waals surface area contributed by atoms with Gasteiger partial charge in [-0.1, -0.05) is 25.1 Å². The normalized spacial score (nSPS) is 16.4. The molecule has 3 heterocycles. The Morgan fingerprint density at radius 1 is 1.20 bits per heavy atom. The van der Waals surface area contributed by atoms with E-state index in [1.165, 1.54) is 0 Å². The van der Waals surface area contributed by atoms with Crippen LogP contribution in [-0.2, 0) is 11.3 Å². The van der Waals surface area contributed by atoms with E-state index >= 15 is 0 Å². The molecular formula is C23H27N5O2. The first kappa shape index (κ1) is 20.1. The second kappa shape index (κ2) is 9.52. The van der Waals surface area contributed by atoms with Crippen molar-refractivity contribution in [1.82, 2.24) is 20.3 Å². The van der Waals surface area contributed by atoms with E-state index in [9.17, 15) is 4.79 Å². The number of hydrogen-bond donors (Lipinski definition) is 1. The molecule has 0 spiro atoms. The SMILES string of the molecule is CCCOc1nc2ccccc2nc1N1CCC[C@H](C(=O)NCc2cccnc2)C1. The Morgan fingerprint density at radius 2 is 2.03 bits per heavy atom. The number of pyridine rings is 1. The van der Waals surface area contributed by atoms with Crippen LogP contribution in [0.25, 0.3) is 11.0 Å². The number of nitrogens with zero attached hydrogens (tertiary/aromatic N) is 4. The Morgan fingerprint density at radius 3 is 2.80 bits per heavy atom. The second-order valence-electron chi connectivity index (χ2n) is 7.55. The zero-order chi connectivity index (χ0) is 20.8. The molecule has 0 unspecified atom stereocenters. The summed E-state index contributed by atoms with van der Waals surface area (Å²) in [7, 11) is 0. The summed E-state index contributed by atoms with van der Waals surface area (Å²) in [4.78, 5) is 28.6. The minimum Gasteiger partial charge on any atom is -0.475 e. The lowest BCUT2D eigenvalue weighted by Crippen LogP contribution is -2.43. The molecule has 0 radical (unpaired) electrons.